The molecule has 0 saturated carbocycles. The summed E-state index contributed by atoms with van der Waals surface area (Å²) >= 11 is 1.83. The highest BCUT2D eigenvalue weighted by Gasteiger charge is 2.42. The second-order valence-electron chi connectivity index (χ2n) is 8.05. The molecule has 2 aliphatic rings. The van der Waals surface area contributed by atoms with Crippen LogP contribution in [-0.2, 0) is 28.7 Å². The van der Waals surface area contributed by atoms with Crippen LogP contribution in [0.15, 0.2) is 0 Å². The van der Waals surface area contributed by atoms with Crippen molar-refractivity contribution in [3.05, 3.63) is 0 Å². The van der Waals surface area contributed by atoms with Crippen molar-refractivity contribution >= 4 is 41.6 Å². The maximum Gasteiger partial charge on any atom is 0.325 e. The van der Waals surface area contributed by atoms with Crippen molar-refractivity contribution in [3.63, 3.8) is 0 Å². The number of carboxylic acid groups (broad SMARTS) is 1. The number of carboxylic acids is 1. The SMILES string of the molecule is C[C@H](CC(=O)O)OC(=O)C[C@@H](C)OC(=O)CNC(=O)CCCC[C@@H]1SC[C@@H]2NC(=O)N[C@@H]21. The number of rotatable bonds is 13. The molecule has 32 heavy (non-hydrogen) atoms. The molecule has 0 bridgehead atoms. The summed E-state index contributed by atoms with van der Waals surface area (Å²) in [5, 5.41) is 17.3. The van der Waals surface area contributed by atoms with Crippen LogP contribution < -0.4 is 16.0 Å². The predicted octanol–water partition coefficient (Wildman–Crippen LogP) is 0.557. The van der Waals surface area contributed by atoms with Gasteiger partial charge in [-0.05, 0) is 26.7 Å². The predicted molar refractivity (Wildman–Crippen MR) is 115 cm³/mol. The Balaban J connectivity index is 1.52. The van der Waals surface area contributed by atoms with E-state index in [1.54, 1.807) is 0 Å². The number of thioether (sulfide) groups is 1. The third kappa shape index (κ3) is 8.93. The zero-order chi connectivity index (χ0) is 23.7. The molecule has 5 atom stereocenters. The molecule has 2 saturated heterocycles. The van der Waals surface area contributed by atoms with E-state index in [2.05, 4.69) is 16.0 Å². The van der Waals surface area contributed by atoms with Crippen LogP contribution in [0.5, 0.6) is 0 Å². The standard InChI is InChI=1S/C20H31N3O8S/c1-11(7-16(25)26)30-17(27)8-12(2)31-18(28)9-21-15(24)6-4-3-5-14-19-13(10-32-14)22-20(29)23-19/h11-14,19H,3-10H2,1-2H3,(H,21,24)(H,25,26)(H2,22,23,29)/t11-,12-,13+,14+,19+/m1/s1. The van der Waals surface area contributed by atoms with Crippen LogP contribution in [0.4, 0.5) is 4.79 Å². The number of carbonyl (C=O) groups excluding carboxylic acids is 4. The minimum absolute atomic E-state index is 0.115. The number of esters is 2. The molecule has 11 nitrogen and oxygen atoms in total. The van der Waals surface area contributed by atoms with Crippen LogP contribution in [0.3, 0.4) is 0 Å². The Labute approximate surface area is 190 Å². The number of carbonyl (C=O) groups is 5. The van der Waals surface area contributed by atoms with Crippen LogP contribution >= 0.6 is 11.8 Å². The smallest absolute Gasteiger partial charge is 0.325 e. The number of nitrogens with one attached hydrogen (secondary N) is 3. The largest absolute Gasteiger partial charge is 0.481 e. The summed E-state index contributed by atoms with van der Waals surface area (Å²) in [4.78, 5) is 57.4. The zero-order valence-corrected chi connectivity index (χ0v) is 19.1. The van der Waals surface area contributed by atoms with Gasteiger partial charge in [-0.3, -0.25) is 19.2 Å². The van der Waals surface area contributed by atoms with E-state index >= 15 is 0 Å². The molecule has 0 aromatic rings. The first-order valence-electron chi connectivity index (χ1n) is 10.7. The number of fused-ring (bicyclic) bond motifs is 1. The van der Waals surface area contributed by atoms with E-state index in [0.29, 0.717) is 11.7 Å². The lowest BCUT2D eigenvalue weighted by atomic mass is 10.0. The van der Waals surface area contributed by atoms with E-state index in [1.165, 1.54) is 13.8 Å². The first kappa shape index (κ1) is 25.8. The molecule has 2 heterocycles. The molecule has 0 unspecified atom stereocenters. The molecule has 0 aromatic heterocycles. The second kappa shape index (κ2) is 12.5. The minimum atomic E-state index is -1.08. The lowest BCUT2D eigenvalue weighted by Crippen LogP contribution is -2.36. The molecule has 3 amide bonds. The highest BCUT2D eigenvalue weighted by atomic mass is 32.2. The van der Waals surface area contributed by atoms with Crippen molar-refractivity contribution in [2.75, 3.05) is 12.3 Å². The molecule has 2 rings (SSSR count). The molecule has 0 spiro atoms. The highest BCUT2D eigenvalue weighted by Crippen LogP contribution is 2.33. The monoisotopic (exact) mass is 473 g/mol. The summed E-state index contributed by atoms with van der Waals surface area (Å²) in [5.74, 6) is -1.78. The molecule has 180 valence electrons. The normalized spacial score (nSPS) is 23.3. The van der Waals surface area contributed by atoms with E-state index in [-0.39, 0.29) is 49.8 Å². The van der Waals surface area contributed by atoms with Crippen molar-refractivity contribution in [2.24, 2.45) is 0 Å². The van der Waals surface area contributed by atoms with E-state index in [9.17, 15) is 24.0 Å². The van der Waals surface area contributed by atoms with Crippen LogP contribution in [0.2, 0.25) is 0 Å². The number of urea groups is 1. The van der Waals surface area contributed by atoms with E-state index in [1.807, 2.05) is 11.8 Å². The van der Waals surface area contributed by atoms with Crippen molar-refractivity contribution in [1.29, 1.82) is 0 Å². The summed E-state index contributed by atoms with van der Waals surface area (Å²) in [6, 6.07) is 0.218. The molecule has 2 fully saturated rings. The molecular weight excluding hydrogens is 442 g/mol. The molecule has 4 N–H and O–H groups in total. The number of ether oxygens (including phenoxy) is 2. The topological polar surface area (TPSA) is 160 Å². The molecule has 0 aliphatic carbocycles. The molecule has 0 radical (unpaired) electrons. The zero-order valence-electron chi connectivity index (χ0n) is 18.3. The molecule has 2 aliphatic heterocycles. The van der Waals surface area contributed by atoms with Gasteiger partial charge in [-0.15, -0.1) is 0 Å². The van der Waals surface area contributed by atoms with Crippen molar-refractivity contribution in [1.82, 2.24) is 16.0 Å². The Hall–Kier alpha value is -2.50. The number of hydrogen-bond acceptors (Lipinski definition) is 8. The Morgan fingerprint density at radius 1 is 1.09 bits per heavy atom. The van der Waals surface area contributed by atoms with Gasteiger partial charge in [0.25, 0.3) is 0 Å². The summed E-state index contributed by atoms with van der Waals surface area (Å²) in [6.07, 6.45) is 0.656. The summed E-state index contributed by atoms with van der Waals surface area (Å²) in [5.41, 5.74) is 0. The Bertz CT molecular complexity index is 719. The lowest BCUT2D eigenvalue weighted by molar-refractivity contribution is -0.157. The van der Waals surface area contributed by atoms with Gasteiger partial charge >= 0.3 is 23.9 Å². The van der Waals surface area contributed by atoms with Gasteiger partial charge in [0.2, 0.25) is 5.91 Å². The van der Waals surface area contributed by atoms with Gasteiger partial charge < -0.3 is 30.5 Å². The summed E-state index contributed by atoms with van der Waals surface area (Å²) < 4.78 is 9.99. The van der Waals surface area contributed by atoms with Crippen LogP contribution in [0.1, 0.15) is 52.4 Å². The van der Waals surface area contributed by atoms with Crippen LogP contribution in [0, 0.1) is 0 Å². The Morgan fingerprint density at radius 3 is 2.50 bits per heavy atom. The average molecular weight is 474 g/mol. The lowest BCUT2D eigenvalue weighted by Gasteiger charge is -2.16. The first-order valence-corrected chi connectivity index (χ1v) is 11.7. The van der Waals surface area contributed by atoms with Gasteiger partial charge in [0, 0.05) is 17.4 Å². The van der Waals surface area contributed by atoms with Gasteiger partial charge in [0.15, 0.2) is 0 Å². The number of amides is 3. The summed E-state index contributed by atoms with van der Waals surface area (Å²) in [7, 11) is 0. The molecule has 0 aromatic carbocycles. The van der Waals surface area contributed by atoms with Gasteiger partial charge in [0.05, 0.1) is 24.9 Å². The van der Waals surface area contributed by atoms with Gasteiger partial charge in [-0.1, -0.05) is 6.42 Å². The third-order valence-corrected chi connectivity index (χ3v) is 6.60. The van der Waals surface area contributed by atoms with Gasteiger partial charge in [0.1, 0.15) is 18.8 Å². The Morgan fingerprint density at radius 2 is 1.78 bits per heavy atom. The van der Waals surface area contributed by atoms with Crippen molar-refractivity contribution in [3.8, 4) is 0 Å². The molecular formula is C20H31N3O8S. The summed E-state index contributed by atoms with van der Waals surface area (Å²) in [6.45, 7) is 2.68. The van der Waals surface area contributed by atoms with E-state index < -0.39 is 30.1 Å². The minimum Gasteiger partial charge on any atom is -0.481 e. The van der Waals surface area contributed by atoms with Crippen LogP contribution in [0.25, 0.3) is 0 Å². The number of hydrogen-bond donors (Lipinski definition) is 4. The maximum absolute atomic E-state index is 11.9. The van der Waals surface area contributed by atoms with Crippen molar-refractivity contribution < 1.29 is 38.6 Å². The highest BCUT2D eigenvalue weighted by molar-refractivity contribution is 8.00. The average Bonchev–Trinajstić information content (AvgIpc) is 3.21. The number of unbranched alkanes of at least 4 members (excludes halogenated alkanes) is 1. The van der Waals surface area contributed by atoms with Crippen molar-refractivity contribution in [2.45, 2.75) is 81.9 Å². The quantitative estimate of drug-likeness (QED) is 0.170. The van der Waals surface area contributed by atoms with E-state index in [0.717, 1.165) is 18.6 Å². The van der Waals surface area contributed by atoms with Gasteiger partial charge in [-0.2, -0.15) is 11.8 Å². The second-order valence-corrected chi connectivity index (χ2v) is 9.32. The van der Waals surface area contributed by atoms with Crippen LogP contribution in [-0.4, -0.2) is 76.8 Å². The third-order valence-electron chi connectivity index (χ3n) is 5.09. The molecule has 12 heteroatoms. The maximum atomic E-state index is 11.9. The van der Waals surface area contributed by atoms with E-state index in [4.69, 9.17) is 14.6 Å². The fraction of sp³-hybridized carbons (Fsp3) is 0.750. The number of aliphatic carboxylic acids is 1. The Kier molecular flexibility index (Phi) is 10.1. The van der Waals surface area contributed by atoms with Gasteiger partial charge in [-0.25, -0.2) is 4.79 Å². The fourth-order valence-corrected chi connectivity index (χ4v) is 5.18. The fourth-order valence-electron chi connectivity index (χ4n) is 3.64. The first-order chi connectivity index (χ1) is 15.1.